The van der Waals surface area contributed by atoms with Crippen molar-refractivity contribution >= 4 is 23.7 Å². The number of urea groups is 2. The van der Waals surface area contributed by atoms with Crippen LogP contribution in [0.25, 0.3) is 0 Å². The number of fused-ring (bicyclic) bond motifs is 1. The van der Waals surface area contributed by atoms with E-state index in [0.717, 1.165) is 25.7 Å². The number of anilines is 1. The summed E-state index contributed by atoms with van der Waals surface area (Å²) in [5, 5.41) is 18.7. The first-order chi connectivity index (χ1) is 17.6. The summed E-state index contributed by atoms with van der Waals surface area (Å²) in [7, 11) is 1.70. The number of aliphatic hydroxyl groups excluding tert-OH is 1. The Morgan fingerprint density at radius 2 is 1.89 bits per heavy atom. The fourth-order valence-corrected chi connectivity index (χ4v) is 4.86. The molecular weight excluding hydrogens is 474 g/mol. The zero-order valence-corrected chi connectivity index (χ0v) is 22.8. The van der Waals surface area contributed by atoms with Crippen molar-refractivity contribution in [2.75, 3.05) is 32.1 Å². The molecule has 1 aliphatic heterocycles. The largest absolute Gasteiger partial charge is 0.485 e. The molecule has 0 spiro atoms. The van der Waals surface area contributed by atoms with E-state index in [4.69, 9.17) is 4.74 Å². The SMILES string of the molecule is CC(C)NC(=O)N(C)C[C@@H]1Oc2c(NC(=O)NC3CCCCC3)cccc2C(=O)N([C@@H](C)CO)C[C@@H]1C. The van der Waals surface area contributed by atoms with Crippen LogP contribution in [0.5, 0.6) is 5.75 Å². The Balaban J connectivity index is 1.91. The normalized spacial score (nSPS) is 21.3. The lowest BCUT2D eigenvalue weighted by atomic mass is 9.96. The van der Waals surface area contributed by atoms with Crippen molar-refractivity contribution in [3.8, 4) is 5.75 Å². The smallest absolute Gasteiger partial charge is 0.319 e. The Hall–Kier alpha value is -3.01. The van der Waals surface area contributed by atoms with E-state index in [0.29, 0.717) is 17.8 Å². The first kappa shape index (κ1) is 28.6. The van der Waals surface area contributed by atoms with Crippen LogP contribution in [-0.2, 0) is 0 Å². The molecule has 10 nitrogen and oxygen atoms in total. The Morgan fingerprint density at radius 1 is 1.19 bits per heavy atom. The summed E-state index contributed by atoms with van der Waals surface area (Å²) in [6, 6.07) is 4.24. The third-order valence-corrected chi connectivity index (χ3v) is 7.09. The standard InChI is InChI=1S/C27H43N5O5/c1-17(2)28-27(36)31(5)15-23-18(3)14-32(19(4)16-33)25(34)21-12-9-13-22(24(21)37-23)30-26(35)29-20-10-7-6-8-11-20/h9,12-13,17-20,23,33H,6-8,10-11,14-16H2,1-5H3,(H,28,36)(H2,29,30,35)/t18-,19-,23-/m0/s1. The molecule has 0 aromatic heterocycles. The second-order valence-corrected chi connectivity index (χ2v) is 10.7. The molecule has 0 radical (unpaired) electrons. The highest BCUT2D eigenvalue weighted by Gasteiger charge is 2.35. The van der Waals surface area contributed by atoms with Gasteiger partial charge in [-0.15, -0.1) is 0 Å². The summed E-state index contributed by atoms with van der Waals surface area (Å²) in [4.78, 5) is 42.3. The van der Waals surface area contributed by atoms with Gasteiger partial charge < -0.3 is 35.6 Å². The number of rotatable bonds is 7. The van der Waals surface area contributed by atoms with Crippen molar-refractivity contribution in [3.05, 3.63) is 23.8 Å². The van der Waals surface area contributed by atoms with E-state index in [1.54, 1.807) is 42.0 Å². The monoisotopic (exact) mass is 517 g/mol. The molecule has 1 saturated carbocycles. The van der Waals surface area contributed by atoms with Gasteiger partial charge >= 0.3 is 12.1 Å². The van der Waals surface area contributed by atoms with Crippen LogP contribution < -0.4 is 20.7 Å². The number of carbonyl (C=O) groups excluding carboxylic acids is 3. The molecule has 10 heteroatoms. The maximum Gasteiger partial charge on any atom is 0.319 e. The summed E-state index contributed by atoms with van der Waals surface area (Å²) in [5.74, 6) is -0.163. The number of hydrogen-bond donors (Lipinski definition) is 4. The van der Waals surface area contributed by atoms with Crippen molar-refractivity contribution in [1.82, 2.24) is 20.4 Å². The minimum absolute atomic E-state index is 0.0108. The Labute approximate surface area is 220 Å². The van der Waals surface area contributed by atoms with Crippen molar-refractivity contribution in [3.63, 3.8) is 0 Å². The maximum absolute atomic E-state index is 13.6. The summed E-state index contributed by atoms with van der Waals surface area (Å²) in [6.45, 7) is 7.99. The Kier molecular flexibility index (Phi) is 10.0. The average Bonchev–Trinajstić information content (AvgIpc) is 2.86. The lowest BCUT2D eigenvalue weighted by Gasteiger charge is -2.38. The lowest BCUT2D eigenvalue weighted by Crippen LogP contribution is -2.51. The molecule has 3 atom stereocenters. The van der Waals surface area contributed by atoms with E-state index in [1.165, 1.54) is 6.42 Å². The van der Waals surface area contributed by atoms with E-state index in [2.05, 4.69) is 16.0 Å². The van der Waals surface area contributed by atoms with Gasteiger partial charge in [-0.1, -0.05) is 32.3 Å². The highest BCUT2D eigenvalue weighted by Crippen LogP contribution is 2.35. The molecular formula is C27H43N5O5. The van der Waals surface area contributed by atoms with Gasteiger partial charge in [0.05, 0.1) is 30.4 Å². The molecule has 2 aliphatic rings. The molecule has 0 saturated heterocycles. The van der Waals surface area contributed by atoms with Gasteiger partial charge in [0.1, 0.15) is 6.10 Å². The van der Waals surface area contributed by atoms with Crippen LogP contribution in [0, 0.1) is 5.92 Å². The number of benzene rings is 1. The summed E-state index contributed by atoms with van der Waals surface area (Å²) < 4.78 is 6.45. The molecule has 37 heavy (non-hydrogen) atoms. The van der Waals surface area contributed by atoms with Crippen LogP contribution in [0.4, 0.5) is 15.3 Å². The van der Waals surface area contributed by atoms with Crippen molar-refractivity contribution in [2.45, 2.75) is 84.0 Å². The van der Waals surface area contributed by atoms with Crippen molar-refractivity contribution in [2.24, 2.45) is 5.92 Å². The van der Waals surface area contributed by atoms with Crippen LogP contribution >= 0.6 is 0 Å². The second kappa shape index (κ2) is 13.0. The zero-order chi connectivity index (χ0) is 27.1. The van der Waals surface area contributed by atoms with E-state index < -0.39 is 12.1 Å². The van der Waals surface area contributed by atoms with E-state index in [9.17, 15) is 19.5 Å². The molecule has 1 aliphatic carbocycles. The fourth-order valence-electron chi connectivity index (χ4n) is 4.86. The number of likely N-dealkylation sites (N-methyl/N-ethyl adjacent to an activating group) is 1. The average molecular weight is 518 g/mol. The highest BCUT2D eigenvalue weighted by atomic mass is 16.5. The number of hydrogen-bond acceptors (Lipinski definition) is 5. The van der Waals surface area contributed by atoms with Crippen LogP contribution in [0.1, 0.15) is 70.2 Å². The van der Waals surface area contributed by atoms with Crippen molar-refractivity contribution in [1.29, 1.82) is 0 Å². The van der Waals surface area contributed by atoms with Gasteiger partial charge in [0.15, 0.2) is 5.75 Å². The molecule has 1 aromatic rings. The van der Waals surface area contributed by atoms with Gasteiger partial charge in [-0.05, 0) is 45.7 Å². The number of ether oxygens (including phenoxy) is 1. The van der Waals surface area contributed by atoms with Crippen LogP contribution in [0.2, 0.25) is 0 Å². The van der Waals surface area contributed by atoms with Gasteiger partial charge in [0, 0.05) is 31.6 Å². The third kappa shape index (κ3) is 7.50. The lowest BCUT2D eigenvalue weighted by molar-refractivity contribution is 0.0368. The van der Waals surface area contributed by atoms with Gasteiger partial charge in [-0.25, -0.2) is 9.59 Å². The molecule has 5 amide bonds. The maximum atomic E-state index is 13.6. The number of aliphatic hydroxyl groups is 1. The van der Waals surface area contributed by atoms with Gasteiger partial charge in [-0.2, -0.15) is 0 Å². The van der Waals surface area contributed by atoms with Gasteiger partial charge in [0.2, 0.25) is 0 Å². The Morgan fingerprint density at radius 3 is 2.54 bits per heavy atom. The Bertz CT molecular complexity index is 949. The molecule has 1 fully saturated rings. The third-order valence-electron chi connectivity index (χ3n) is 7.09. The second-order valence-electron chi connectivity index (χ2n) is 10.7. The van der Waals surface area contributed by atoms with Crippen LogP contribution in [0.15, 0.2) is 18.2 Å². The molecule has 206 valence electrons. The van der Waals surface area contributed by atoms with E-state index >= 15 is 0 Å². The van der Waals surface area contributed by atoms with E-state index in [1.807, 2.05) is 20.8 Å². The predicted molar refractivity (Wildman–Crippen MR) is 143 cm³/mol. The molecule has 3 rings (SSSR count). The molecule has 0 bridgehead atoms. The number of nitrogens with zero attached hydrogens (tertiary/aromatic N) is 2. The zero-order valence-electron chi connectivity index (χ0n) is 22.8. The van der Waals surface area contributed by atoms with E-state index in [-0.39, 0.29) is 54.9 Å². The number of carbonyl (C=O) groups is 3. The first-order valence-corrected chi connectivity index (χ1v) is 13.4. The molecule has 0 unspecified atom stereocenters. The number of amides is 5. The summed E-state index contributed by atoms with van der Waals surface area (Å²) in [5.41, 5.74) is 0.700. The predicted octanol–water partition coefficient (Wildman–Crippen LogP) is 3.41. The van der Waals surface area contributed by atoms with Gasteiger partial charge in [-0.3, -0.25) is 4.79 Å². The molecule has 1 heterocycles. The van der Waals surface area contributed by atoms with Gasteiger partial charge in [0.25, 0.3) is 5.91 Å². The minimum atomic E-state index is -0.465. The van der Waals surface area contributed by atoms with Crippen molar-refractivity contribution < 1.29 is 24.2 Å². The first-order valence-electron chi connectivity index (χ1n) is 13.4. The quantitative estimate of drug-likeness (QED) is 0.441. The summed E-state index contributed by atoms with van der Waals surface area (Å²) in [6.07, 6.45) is 4.82. The summed E-state index contributed by atoms with van der Waals surface area (Å²) >= 11 is 0. The number of nitrogens with one attached hydrogen (secondary N) is 3. The fraction of sp³-hybridized carbons (Fsp3) is 0.667. The highest BCUT2D eigenvalue weighted by molar-refractivity contribution is 6.01. The van der Waals surface area contributed by atoms with Crippen LogP contribution in [-0.4, -0.2) is 83.8 Å². The molecule has 1 aromatic carbocycles. The molecule has 4 N–H and O–H groups in total. The number of para-hydroxylation sites is 1. The van der Waals surface area contributed by atoms with Crippen LogP contribution in [0.3, 0.4) is 0 Å². The minimum Gasteiger partial charge on any atom is -0.485 e. The topological polar surface area (TPSA) is 123 Å².